The van der Waals surface area contributed by atoms with Gasteiger partial charge in [-0.05, 0) is 54.3 Å². The molecule has 1 heterocycles. The van der Waals surface area contributed by atoms with Crippen molar-refractivity contribution in [2.75, 3.05) is 6.61 Å². The number of carbonyl (C=O) groups excluding carboxylic acids is 2. The summed E-state index contributed by atoms with van der Waals surface area (Å²) < 4.78 is 11.9. The van der Waals surface area contributed by atoms with E-state index in [1.807, 2.05) is 49.4 Å². The zero-order valence-electron chi connectivity index (χ0n) is 18.1. The molecule has 0 aliphatic heterocycles. The highest BCUT2D eigenvalue weighted by Gasteiger charge is 2.14. The summed E-state index contributed by atoms with van der Waals surface area (Å²) >= 11 is 1.49. The van der Waals surface area contributed by atoms with Crippen LogP contribution in [-0.2, 0) is 14.3 Å². The predicted molar refractivity (Wildman–Crippen MR) is 132 cm³/mol. The predicted octanol–water partition coefficient (Wildman–Crippen LogP) is 5.80. The van der Waals surface area contributed by atoms with Crippen molar-refractivity contribution in [1.29, 1.82) is 0 Å². The maximum absolute atomic E-state index is 13.4. The molecule has 0 aliphatic carbocycles. The second kappa shape index (κ2) is 9.79. The van der Waals surface area contributed by atoms with E-state index in [1.54, 1.807) is 18.2 Å². The van der Waals surface area contributed by atoms with Crippen LogP contribution in [0, 0.1) is 6.92 Å². The van der Waals surface area contributed by atoms with E-state index in [4.69, 9.17) is 9.47 Å². The molecular formula is C27H22O5S. The molecule has 3 aromatic carbocycles. The number of ether oxygens (including phenoxy) is 2. The van der Waals surface area contributed by atoms with Crippen LogP contribution in [0.15, 0.2) is 78.1 Å². The number of fused-ring (bicyclic) bond motifs is 2. The van der Waals surface area contributed by atoms with Crippen LogP contribution >= 0.6 is 11.3 Å². The van der Waals surface area contributed by atoms with E-state index in [0.29, 0.717) is 22.9 Å². The summed E-state index contributed by atoms with van der Waals surface area (Å²) in [5.74, 6) is -0.578. The molecule has 0 N–H and O–H groups in total. The van der Waals surface area contributed by atoms with Gasteiger partial charge in [0.25, 0.3) is 0 Å². The monoisotopic (exact) mass is 458 g/mol. The lowest BCUT2D eigenvalue weighted by atomic mass is 9.97. The van der Waals surface area contributed by atoms with Crippen molar-refractivity contribution in [2.24, 2.45) is 0 Å². The van der Waals surface area contributed by atoms with E-state index < -0.39 is 11.9 Å². The third-order valence-corrected chi connectivity index (χ3v) is 6.39. The van der Waals surface area contributed by atoms with E-state index in [1.165, 1.54) is 11.3 Å². The highest BCUT2D eigenvalue weighted by molar-refractivity contribution is 7.24. The summed E-state index contributed by atoms with van der Waals surface area (Å²) in [4.78, 5) is 36.6. The SMILES string of the molecule is C=CC(=O)OCCCC(=O)Oc1ccc2c(=O)c3c(-c4ccccc4C)cccc3sc2c1. The molecule has 5 nitrogen and oxygen atoms in total. The van der Waals surface area contributed by atoms with Gasteiger partial charge in [0, 0.05) is 32.7 Å². The number of carbonyl (C=O) groups is 2. The van der Waals surface area contributed by atoms with Crippen molar-refractivity contribution in [1.82, 2.24) is 0 Å². The largest absolute Gasteiger partial charge is 0.463 e. The minimum absolute atomic E-state index is 0.0421. The molecular weight excluding hydrogens is 436 g/mol. The average Bonchev–Trinajstić information content (AvgIpc) is 2.81. The molecule has 0 atom stereocenters. The fourth-order valence-corrected chi connectivity index (χ4v) is 4.81. The Bertz CT molecular complexity index is 1430. The van der Waals surface area contributed by atoms with Gasteiger partial charge in [-0.15, -0.1) is 11.3 Å². The normalized spacial score (nSPS) is 10.8. The van der Waals surface area contributed by atoms with Gasteiger partial charge < -0.3 is 9.47 Å². The van der Waals surface area contributed by atoms with Gasteiger partial charge in [-0.2, -0.15) is 0 Å². The zero-order valence-corrected chi connectivity index (χ0v) is 18.9. The van der Waals surface area contributed by atoms with Crippen molar-refractivity contribution in [2.45, 2.75) is 19.8 Å². The second-order valence-corrected chi connectivity index (χ2v) is 8.62. The Morgan fingerprint density at radius 2 is 1.79 bits per heavy atom. The standard InChI is InChI=1S/C27H22O5S/c1-3-24(28)31-15-7-12-25(29)32-18-13-14-21-23(16-18)33-22-11-6-10-20(26(22)27(21)30)19-9-5-4-8-17(19)2/h3-6,8-11,13-14,16H,1,7,12,15H2,2H3. The summed E-state index contributed by atoms with van der Waals surface area (Å²) in [5.41, 5.74) is 3.02. The Morgan fingerprint density at radius 1 is 1.00 bits per heavy atom. The number of hydrogen-bond donors (Lipinski definition) is 0. The molecule has 1 aromatic heterocycles. The first-order valence-corrected chi connectivity index (χ1v) is 11.3. The summed E-state index contributed by atoms with van der Waals surface area (Å²) in [6, 6.07) is 18.9. The first-order chi connectivity index (χ1) is 16.0. The summed E-state index contributed by atoms with van der Waals surface area (Å²) in [7, 11) is 0. The van der Waals surface area contributed by atoms with Crippen LogP contribution in [0.4, 0.5) is 0 Å². The first-order valence-electron chi connectivity index (χ1n) is 10.5. The Hall–Kier alpha value is -3.77. The number of hydrogen-bond acceptors (Lipinski definition) is 6. The number of esters is 2. The quantitative estimate of drug-likeness (QED) is 0.115. The Balaban J connectivity index is 1.62. The third-order valence-electron chi connectivity index (χ3n) is 5.27. The molecule has 4 rings (SSSR count). The molecule has 33 heavy (non-hydrogen) atoms. The summed E-state index contributed by atoms with van der Waals surface area (Å²) in [6.07, 6.45) is 1.54. The maximum Gasteiger partial charge on any atom is 0.330 e. The topological polar surface area (TPSA) is 69.7 Å². The van der Waals surface area contributed by atoms with Gasteiger partial charge in [0.2, 0.25) is 0 Å². The Labute approximate surface area is 194 Å². The molecule has 0 unspecified atom stereocenters. The fraction of sp³-hybridized carbons (Fsp3) is 0.148. The molecule has 4 aromatic rings. The minimum Gasteiger partial charge on any atom is -0.463 e. The van der Waals surface area contributed by atoms with Crippen molar-refractivity contribution in [3.63, 3.8) is 0 Å². The molecule has 166 valence electrons. The van der Waals surface area contributed by atoms with Gasteiger partial charge >= 0.3 is 11.9 Å². The Morgan fingerprint density at radius 3 is 2.58 bits per heavy atom. The molecule has 0 fully saturated rings. The minimum atomic E-state index is -0.523. The van der Waals surface area contributed by atoms with Gasteiger partial charge in [-0.3, -0.25) is 9.59 Å². The summed E-state index contributed by atoms with van der Waals surface area (Å²) in [6.45, 7) is 5.47. The molecule has 6 heteroatoms. The van der Waals surface area contributed by atoms with Crippen LogP contribution in [-0.4, -0.2) is 18.5 Å². The second-order valence-electron chi connectivity index (χ2n) is 7.53. The van der Waals surface area contributed by atoms with Gasteiger partial charge in [0.05, 0.1) is 6.61 Å². The van der Waals surface area contributed by atoms with E-state index >= 15 is 0 Å². The van der Waals surface area contributed by atoms with Gasteiger partial charge in [-0.1, -0.05) is 43.0 Å². The smallest absolute Gasteiger partial charge is 0.330 e. The molecule has 0 amide bonds. The Kier molecular flexibility index (Phi) is 6.66. The lowest BCUT2D eigenvalue weighted by molar-refractivity contribution is -0.140. The zero-order chi connectivity index (χ0) is 23.4. The van der Waals surface area contributed by atoms with Crippen molar-refractivity contribution >= 4 is 43.4 Å². The third kappa shape index (κ3) is 4.86. The van der Waals surface area contributed by atoms with Crippen molar-refractivity contribution in [3.05, 3.63) is 89.1 Å². The first kappa shape index (κ1) is 22.4. The highest BCUT2D eigenvalue weighted by Crippen LogP contribution is 2.34. The van der Waals surface area contributed by atoms with E-state index in [2.05, 4.69) is 6.58 Å². The van der Waals surface area contributed by atoms with Gasteiger partial charge in [-0.25, -0.2) is 4.79 Å². The van der Waals surface area contributed by atoms with Crippen LogP contribution in [0.5, 0.6) is 5.75 Å². The lowest BCUT2D eigenvalue weighted by Crippen LogP contribution is -2.10. The van der Waals surface area contributed by atoms with Gasteiger partial charge in [0.1, 0.15) is 5.75 Å². The number of aryl methyl sites for hydroxylation is 1. The van der Waals surface area contributed by atoms with Crippen LogP contribution in [0.2, 0.25) is 0 Å². The molecule has 0 spiro atoms. The number of rotatable bonds is 7. The van der Waals surface area contributed by atoms with Crippen LogP contribution < -0.4 is 10.2 Å². The molecule has 0 radical (unpaired) electrons. The molecule has 0 saturated carbocycles. The van der Waals surface area contributed by atoms with Crippen LogP contribution in [0.3, 0.4) is 0 Å². The maximum atomic E-state index is 13.4. The molecule has 0 bridgehead atoms. The molecule has 0 aliphatic rings. The average molecular weight is 459 g/mol. The number of benzene rings is 3. The fourth-order valence-electron chi connectivity index (χ4n) is 3.67. The van der Waals surface area contributed by atoms with E-state index in [0.717, 1.165) is 32.2 Å². The van der Waals surface area contributed by atoms with E-state index in [9.17, 15) is 14.4 Å². The van der Waals surface area contributed by atoms with Crippen LogP contribution in [0.25, 0.3) is 31.3 Å². The van der Waals surface area contributed by atoms with Crippen molar-refractivity contribution in [3.8, 4) is 16.9 Å². The van der Waals surface area contributed by atoms with Crippen LogP contribution in [0.1, 0.15) is 18.4 Å². The summed E-state index contributed by atoms with van der Waals surface area (Å²) in [5, 5.41) is 1.28. The van der Waals surface area contributed by atoms with Crippen molar-refractivity contribution < 1.29 is 19.1 Å². The highest BCUT2D eigenvalue weighted by atomic mass is 32.1. The molecule has 0 saturated heterocycles. The lowest BCUT2D eigenvalue weighted by Gasteiger charge is -2.10. The van der Waals surface area contributed by atoms with E-state index in [-0.39, 0.29) is 18.5 Å². The van der Waals surface area contributed by atoms with Gasteiger partial charge in [0.15, 0.2) is 5.43 Å².